The van der Waals surface area contributed by atoms with Crippen LogP contribution in [0.15, 0.2) is 48.7 Å². The highest BCUT2D eigenvalue weighted by atomic mass is 19.4. The third-order valence-electron chi connectivity index (χ3n) is 4.75. The minimum Gasteiger partial charge on any atom is -0.439 e. The van der Waals surface area contributed by atoms with Crippen molar-refractivity contribution in [3.63, 3.8) is 0 Å². The molecule has 0 saturated heterocycles. The zero-order valence-electron chi connectivity index (χ0n) is 16.6. The van der Waals surface area contributed by atoms with Gasteiger partial charge < -0.3 is 10.5 Å². The molecule has 2 aromatic heterocycles. The number of rotatable bonds is 5. The molecule has 4 rings (SSSR count). The standard InChI is InChI=1S/C22H14F6N4O/c23-14-4-5-15(24)20-19(14)21(29)32-17(31-20)6-2-11-1-3-13(10-16(11)25)33-18-9-12(7-8-30-18)22(26,27)28/h1,3-5,7-10H,2,6H2,(H2,29,31,32). The number of hydrogen-bond acceptors (Lipinski definition) is 5. The molecule has 0 unspecified atom stereocenters. The molecular formula is C22H14F6N4O. The average molecular weight is 464 g/mol. The molecule has 170 valence electrons. The van der Waals surface area contributed by atoms with Gasteiger partial charge in [-0.3, -0.25) is 0 Å². The highest BCUT2D eigenvalue weighted by molar-refractivity contribution is 5.88. The van der Waals surface area contributed by atoms with Crippen LogP contribution in [-0.4, -0.2) is 15.0 Å². The lowest BCUT2D eigenvalue weighted by Gasteiger charge is -2.10. The Morgan fingerprint density at radius 2 is 1.61 bits per heavy atom. The first kappa shape index (κ1) is 22.3. The molecular weight excluding hydrogens is 450 g/mol. The van der Waals surface area contributed by atoms with Crippen molar-refractivity contribution in [1.82, 2.24) is 15.0 Å². The predicted octanol–water partition coefficient (Wildman–Crippen LogP) is 5.62. The number of nitrogen functional groups attached to an aromatic ring is 1. The minimum absolute atomic E-state index is 0.0492. The first-order valence-corrected chi connectivity index (χ1v) is 9.51. The first-order chi connectivity index (χ1) is 15.6. The zero-order valence-corrected chi connectivity index (χ0v) is 16.6. The van der Waals surface area contributed by atoms with E-state index >= 15 is 0 Å². The van der Waals surface area contributed by atoms with E-state index < -0.39 is 29.2 Å². The van der Waals surface area contributed by atoms with E-state index in [-0.39, 0.29) is 52.6 Å². The van der Waals surface area contributed by atoms with Crippen molar-refractivity contribution in [3.8, 4) is 11.6 Å². The quantitative estimate of drug-likeness (QED) is 0.388. The molecule has 4 aromatic rings. The summed E-state index contributed by atoms with van der Waals surface area (Å²) in [6, 6.07) is 7.08. The van der Waals surface area contributed by atoms with Crippen molar-refractivity contribution in [2.45, 2.75) is 19.0 Å². The highest BCUT2D eigenvalue weighted by Gasteiger charge is 2.31. The summed E-state index contributed by atoms with van der Waals surface area (Å²) >= 11 is 0. The maximum absolute atomic E-state index is 14.5. The number of ether oxygens (including phenoxy) is 1. The first-order valence-electron chi connectivity index (χ1n) is 9.51. The summed E-state index contributed by atoms with van der Waals surface area (Å²) in [4.78, 5) is 11.6. The van der Waals surface area contributed by atoms with Gasteiger partial charge in [-0.15, -0.1) is 0 Å². The van der Waals surface area contributed by atoms with Gasteiger partial charge in [0.05, 0.1) is 10.9 Å². The highest BCUT2D eigenvalue weighted by Crippen LogP contribution is 2.32. The molecule has 0 saturated carbocycles. The van der Waals surface area contributed by atoms with Crippen molar-refractivity contribution in [2.24, 2.45) is 0 Å². The molecule has 0 aliphatic heterocycles. The minimum atomic E-state index is -4.57. The Kier molecular flexibility index (Phi) is 5.79. The number of fused-ring (bicyclic) bond motifs is 1. The number of benzene rings is 2. The van der Waals surface area contributed by atoms with Gasteiger partial charge in [0.15, 0.2) is 0 Å². The normalized spacial score (nSPS) is 11.7. The van der Waals surface area contributed by atoms with E-state index in [1.165, 1.54) is 12.1 Å². The summed E-state index contributed by atoms with van der Waals surface area (Å²) in [5.41, 5.74) is 4.74. The molecule has 5 nitrogen and oxygen atoms in total. The summed E-state index contributed by atoms with van der Waals surface area (Å²) in [6.45, 7) is 0. The van der Waals surface area contributed by atoms with Crippen molar-refractivity contribution in [1.29, 1.82) is 0 Å². The number of alkyl halides is 3. The lowest BCUT2D eigenvalue weighted by molar-refractivity contribution is -0.137. The Bertz CT molecular complexity index is 1340. The number of halogens is 6. The molecule has 0 spiro atoms. The fourth-order valence-corrected chi connectivity index (χ4v) is 3.16. The van der Waals surface area contributed by atoms with Gasteiger partial charge in [0.1, 0.15) is 40.4 Å². The lowest BCUT2D eigenvalue weighted by atomic mass is 10.1. The maximum atomic E-state index is 14.5. The topological polar surface area (TPSA) is 73.9 Å². The van der Waals surface area contributed by atoms with Crippen molar-refractivity contribution in [2.75, 3.05) is 5.73 Å². The monoisotopic (exact) mass is 464 g/mol. The zero-order chi connectivity index (χ0) is 23.8. The number of anilines is 1. The Balaban J connectivity index is 1.50. The van der Waals surface area contributed by atoms with Gasteiger partial charge >= 0.3 is 6.18 Å². The molecule has 0 fully saturated rings. The summed E-state index contributed by atoms with van der Waals surface area (Å²) in [7, 11) is 0. The molecule has 33 heavy (non-hydrogen) atoms. The number of hydrogen-bond donors (Lipinski definition) is 1. The van der Waals surface area contributed by atoms with Crippen LogP contribution in [0.4, 0.5) is 32.2 Å². The third kappa shape index (κ3) is 4.81. The lowest BCUT2D eigenvalue weighted by Crippen LogP contribution is -2.06. The van der Waals surface area contributed by atoms with E-state index in [2.05, 4.69) is 15.0 Å². The largest absolute Gasteiger partial charge is 0.439 e. The van der Waals surface area contributed by atoms with Crippen LogP contribution in [0.3, 0.4) is 0 Å². The van der Waals surface area contributed by atoms with Crippen LogP contribution in [0.5, 0.6) is 11.6 Å². The fourth-order valence-electron chi connectivity index (χ4n) is 3.16. The Labute approximate surface area is 182 Å². The smallest absolute Gasteiger partial charge is 0.416 e. The molecule has 2 heterocycles. The van der Waals surface area contributed by atoms with Gasteiger partial charge in [-0.05, 0) is 36.2 Å². The van der Waals surface area contributed by atoms with Crippen LogP contribution < -0.4 is 10.5 Å². The molecule has 0 aliphatic carbocycles. The Hall–Kier alpha value is -3.89. The second kappa shape index (κ2) is 8.57. The Morgan fingerprint density at radius 3 is 2.33 bits per heavy atom. The molecule has 0 radical (unpaired) electrons. The second-order valence-electron chi connectivity index (χ2n) is 7.01. The average Bonchev–Trinajstić information content (AvgIpc) is 2.75. The SMILES string of the molecule is Nc1nc(CCc2ccc(Oc3cc(C(F)(F)F)ccn3)cc2F)nc2c(F)ccc(F)c12. The molecule has 0 amide bonds. The van der Waals surface area contributed by atoms with E-state index in [9.17, 15) is 26.3 Å². The van der Waals surface area contributed by atoms with Crippen molar-refractivity contribution in [3.05, 3.63) is 83.1 Å². The van der Waals surface area contributed by atoms with Crippen LogP contribution in [0, 0.1) is 17.5 Å². The van der Waals surface area contributed by atoms with Crippen LogP contribution in [0.2, 0.25) is 0 Å². The molecule has 0 atom stereocenters. The summed E-state index contributed by atoms with van der Waals surface area (Å²) < 4.78 is 86.1. The van der Waals surface area contributed by atoms with Gasteiger partial charge in [-0.25, -0.2) is 28.1 Å². The van der Waals surface area contributed by atoms with Gasteiger partial charge in [0.25, 0.3) is 0 Å². The molecule has 2 N–H and O–H groups in total. The van der Waals surface area contributed by atoms with E-state index in [1.807, 2.05) is 0 Å². The third-order valence-corrected chi connectivity index (χ3v) is 4.75. The van der Waals surface area contributed by atoms with Crippen LogP contribution in [0.1, 0.15) is 17.0 Å². The van der Waals surface area contributed by atoms with Gasteiger partial charge in [0, 0.05) is 24.8 Å². The van der Waals surface area contributed by atoms with Gasteiger partial charge in [0.2, 0.25) is 5.88 Å². The van der Waals surface area contributed by atoms with Crippen molar-refractivity contribution < 1.29 is 31.1 Å². The van der Waals surface area contributed by atoms with Gasteiger partial charge in [-0.1, -0.05) is 6.07 Å². The summed E-state index contributed by atoms with van der Waals surface area (Å²) in [5, 5.41) is -0.227. The van der Waals surface area contributed by atoms with E-state index in [0.717, 1.165) is 30.5 Å². The van der Waals surface area contributed by atoms with E-state index in [0.29, 0.717) is 6.07 Å². The van der Waals surface area contributed by atoms with E-state index in [1.54, 1.807) is 0 Å². The molecule has 11 heteroatoms. The van der Waals surface area contributed by atoms with Crippen molar-refractivity contribution >= 4 is 16.7 Å². The molecule has 0 aliphatic rings. The number of aromatic nitrogens is 3. The predicted molar refractivity (Wildman–Crippen MR) is 107 cm³/mol. The second-order valence-corrected chi connectivity index (χ2v) is 7.01. The Morgan fingerprint density at radius 1 is 0.848 bits per heavy atom. The fraction of sp³-hybridized carbons (Fsp3) is 0.136. The van der Waals surface area contributed by atoms with Crippen LogP contribution >= 0.6 is 0 Å². The van der Waals surface area contributed by atoms with Crippen LogP contribution in [-0.2, 0) is 19.0 Å². The molecule has 2 aromatic carbocycles. The number of nitrogens with zero attached hydrogens (tertiary/aromatic N) is 3. The number of pyridine rings is 1. The number of nitrogens with two attached hydrogens (primary N) is 1. The molecule has 0 bridgehead atoms. The maximum Gasteiger partial charge on any atom is 0.416 e. The van der Waals surface area contributed by atoms with Crippen LogP contribution in [0.25, 0.3) is 10.9 Å². The number of aryl methyl sites for hydroxylation is 2. The van der Waals surface area contributed by atoms with E-state index in [4.69, 9.17) is 10.5 Å². The van der Waals surface area contributed by atoms with Gasteiger partial charge in [-0.2, -0.15) is 13.2 Å². The summed E-state index contributed by atoms with van der Waals surface area (Å²) in [6.07, 6.45) is -3.47. The summed E-state index contributed by atoms with van der Waals surface area (Å²) in [5.74, 6) is -2.74.